The number of carboxylic acid groups (broad SMARTS) is 1. The van der Waals surface area contributed by atoms with Crippen molar-refractivity contribution in [2.24, 2.45) is 0 Å². The monoisotopic (exact) mass is 501 g/mol. The Morgan fingerprint density at radius 3 is 2.32 bits per heavy atom. The second kappa shape index (κ2) is 8.50. The molecule has 0 aliphatic heterocycles. The van der Waals surface area contributed by atoms with E-state index in [1.807, 2.05) is 0 Å². The molecule has 3 aromatic rings. The number of sulfonamides is 1. The number of hydrogen-bond acceptors (Lipinski definition) is 7. The number of sulfone groups is 1. The maximum Gasteiger partial charge on any atom is 0.335 e. The zero-order valence-corrected chi connectivity index (χ0v) is 19.3. The van der Waals surface area contributed by atoms with E-state index < -0.39 is 30.7 Å². The highest BCUT2D eigenvalue weighted by molar-refractivity contribution is 7.93. The van der Waals surface area contributed by atoms with Crippen LogP contribution in [-0.4, -0.2) is 41.3 Å². The van der Waals surface area contributed by atoms with Crippen molar-refractivity contribution in [1.82, 2.24) is 0 Å². The van der Waals surface area contributed by atoms with Crippen LogP contribution >= 0.6 is 22.9 Å². The minimum Gasteiger partial charge on any atom is -0.495 e. The molecule has 0 saturated carbocycles. The second-order valence-corrected chi connectivity index (χ2v) is 11.7. The smallest absolute Gasteiger partial charge is 0.335 e. The molecular weight excluding hydrogens is 486 g/mol. The normalized spacial score (nSPS) is 11.8. The Morgan fingerprint density at radius 1 is 1.06 bits per heavy atom. The number of methoxy groups -OCH3 is 1. The van der Waals surface area contributed by atoms with E-state index in [0.717, 1.165) is 12.3 Å². The van der Waals surface area contributed by atoms with Crippen LogP contribution in [0.2, 0.25) is 4.34 Å². The molecule has 0 aliphatic carbocycles. The first-order valence-corrected chi connectivity index (χ1v) is 13.0. The van der Waals surface area contributed by atoms with Crippen LogP contribution in [0, 0.1) is 0 Å². The number of anilines is 1. The van der Waals surface area contributed by atoms with Crippen LogP contribution in [0.1, 0.15) is 10.4 Å². The summed E-state index contributed by atoms with van der Waals surface area (Å²) in [5, 5.41) is 9.22. The minimum absolute atomic E-state index is 0.00998. The van der Waals surface area contributed by atoms with Crippen LogP contribution in [0.5, 0.6) is 5.75 Å². The summed E-state index contributed by atoms with van der Waals surface area (Å²) in [5.41, 5.74) is 0.141. The maximum atomic E-state index is 13.1. The van der Waals surface area contributed by atoms with Crippen molar-refractivity contribution in [3.8, 4) is 16.2 Å². The van der Waals surface area contributed by atoms with Crippen molar-refractivity contribution < 1.29 is 31.5 Å². The summed E-state index contributed by atoms with van der Waals surface area (Å²) in [6.07, 6.45) is 1.00. The van der Waals surface area contributed by atoms with Gasteiger partial charge in [-0.3, -0.25) is 4.72 Å². The van der Waals surface area contributed by atoms with Crippen molar-refractivity contribution in [2.45, 2.75) is 9.79 Å². The predicted molar refractivity (Wildman–Crippen MR) is 119 cm³/mol. The SMILES string of the molecule is COc1ccc(C(=O)O)cc1S(=O)(=O)Nc1cc(S(C)(=O)=O)ccc1-c1ccc(Cl)s1. The molecule has 1 heterocycles. The van der Waals surface area contributed by atoms with E-state index in [1.54, 1.807) is 12.1 Å². The fraction of sp³-hybridized carbons (Fsp3) is 0.105. The Hall–Kier alpha value is -2.60. The molecule has 2 aromatic carbocycles. The van der Waals surface area contributed by atoms with Gasteiger partial charge in [0.2, 0.25) is 0 Å². The Morgan fingerprint density at radius 2 is 1.77 bits per heavy atom. The molecule has 0 aliphatic rings. The van der Waals surface area contributed by atoms with E-state index in [1.165, 1.54) is 48.8 Å². The average molecular weight is 502 g/mol. The molecule has 164 valence electrons. The highest BCUT2D eigenvalue weighted by Gasteiger charge is 2.24. The Balaban J connectivity index is 2.18. The summed E-state index contributed by atoms with van der Waals surface area (Å²) in [4.78, 5) is 11.4. The molecule has 0 amide bonds. The van der Waals surface area contributed by atoms with Gasteiger partial charge in [0, 0.05) is 16.7 Å². The summed E-state index contributed by atoms with van der Waals surface area (Å²) in [7, 11) is -6.74. The number of carbonyl (C=O) groups is 1. The third-order valence-corrected chi connectivity index (χ3v) is 7.96. The van der Waals surface area contributed by atoms with E-state index in [2.05, 4.69) is 4.72 Å². The van der Waals surface area contributed by atoms with Crippen molar-refractivity contribution in [2.75, 3.05) is 18.1 Å². The molecule has 0 fully saturated rings. The predicted octanol–water partition coefficient (Wildman–Crippen LogP) is 3.98. The Kier molecular flexibility index (Phi) is 6.33. The number of rotatable bonds is 7. The van der Waals surface area contributed by atoms with Gasteiger partial charge in [0.05, 0.1) is 27.6 Å². The van der Waals surface area contributed by atoms with Gasteiger partial charge in [-0.25, -0.2) is 21.6 Å². The van der Waals surface area contributed by atoms with E-state index in [4.69, 9.17) is 16.3 Å². The van der Waals surface area contributed by atoms with Gasteiger partial charge in [0.25, 0.3) is 10.0 Å². The fourth-order valence-electron chi connectivity index (χ4n) is 2.73. The minimum atomic E-state index is -4.36. The van der Waals surface area contributed by atoms with E-state index in [9.17, 15) is 26.7 Å². The van der Waals surface area contributed by atoms with Gasteiger partial charge in [-0.1, -0.05) is 17.7 Å². The summed E-state index contributed by atoms with van der Waals surface area (Å²) >= 11 is 7.18. The quantitative estimate of drug-likeness (QED) is 0.501. The van der Waals surface area contributed by atoms with Crippen LogP contribution in [0.4, 0.5) is 5.69 Å². The third-order valence-electron chi connectivity index (χ3n) is 4.20. The van der Waals surface area contributed by atoms with E-state index in [0.29, 0.717) is 14.8 Å². The number of nitrogens with one attached hydrogen (secondary N) is 1. The molecule has 0 radical (unpaired) electrons. The third kappa shape index (κ3) is 5.01. The van der Waals surface area contributed by atoms with Crippen LogP contribution in [0.25, 0.3) is 10.4 Å². The lowest BCUT2D eigenvalue weighted by atomic mass is 10.1. The van der Waals surface area contributed by atoms with Crippen LogP contribution in [-0.2, 0) is 19.9 Å². The van der Waals surface area contributed by atoms with Crippen LogP contribution < -0.4 is 9.46 Å². The van der Waals surface area contributed by atoms with Crippen LogP contribution in [0.3, 0.4) is 0 Å². The molecular formula is C19H16ClNO7S3. The number of aromatic carboxylic acids is 1. The average Bonchev–Trinajstić information content (AvgIpc) is 3.12. The molecule has 0 spiro atoms. The number of benzene rings is 2. The van der Waals surface area contributed by atoms with E-state index in [-0.39, 0.29) is 21.9 Å². The molecule has 2 N–H and O–H groups in total. The first-order chi connectivity index (χ1) is 14.4. The molecule has 12 heteroatoms. The summed E-state index contributed by atoms with van der Waals surface area (Å²) in [6.45, 7) is 0. The number of halogens is 1. The number of thiophene rings is 1. The standard InChI is InChI=1S/C19H16ClNO7S3/c1-28-15-6-3-11(19(22)23)9-17(15)31(26,27)21-14-10-12(30(2,24)25)4-5-13(14)16-7-8-18(20)29-16/h3-10,21H,1-2H3,(H,22,23). The maximum absolute atomic E-state index is 13.1. The first-order valence-electron chi connectivity index (χ1n) is 8.46. The molecule has 1 aromatic heterocycles. The number of ether oxygens (including phenoxy) is 1. The molecule has 0 saturated heterocycles. The van der Waals surface area contributed by atoms with Crippen LogP contribution in [0.15, 0.2) is 58.3 Å². The molecule has 0 unspecified atom stereocenters. The highest BCUT2D eigenvalue weighted by Crippen LogP contribution is 2.38. The van der Waals surface area contributed by atoms with E-state index >= 15 is 0 Å². The number of hydrogen-bond donors (Lipinski definition) is 2. The van der Waals surface area contributed by atoms with Crippen molar-refractivity contribution in [1.29, 1.82) is 0 Å². The van der Waals surface area contributed by atoms with Gasteiger partial charge in [-0.2, -0.15) is 0 Å². The van der Waals surface area contributed by atoms with Gasteiger partial charge in [0.1, 0.15) is 10.6 Å². The topological polar surface area (TPSA) is 127 Å². The summed E-state index contributed by atoms with van der Waals surface area (Å²) in [5.74, 6) is -1.38. The molecule has 8 nitrogen and oxygen atoms in total. The van der Waals surface area contributed by atoms with Crippen molar-refractivity contribution >= 4 is 54.5 Å². The van der Waals surface area contributed by atoms with Crippen molar-refractivity contribution in [3.63, 3.8) is 0 Å². The summed E-state index contributed by atoms with van der Waals surface area (Å²) < 4.78 is 58.2. The molecule has 0 atom stereocenters. The molecule has 3 rings (SSSR count). The zero-order chi connectivity index (χ0) is 23.0. The fourth-order valence-corrected chi connectivity index (χ4v) is 5.73. The van der Waals surface area contributed by atoms with Gasteiger partial charge < -0.3 is 9.84 Å². The lowest BCUT2D eigenvalue weighted by Gasteiger charge is -2.15. The second-order valence-electron chi connectivity index (χ2n) is 6.36. The Bertz CT molecular complexity index is 1380. The van der Waals surface area contributed by atoms with Gasteiger partial charge in [-0.05, 0) is 42.5 Å². The van der Waals surface area contributed by atoms with Gasteiger partial charge >= 0.3 is 5.97 Å². The summed E-state index contributed by atoms with van der Waals surface area (Å²) in [6, 6.07) is 10.7. The highest BCUT2D eigenvalue weighted by atomic mass is 35.5. The lowest BCUT2D eigenvalue weighted by Crippen LogP contribution is -2.16. The lowest BCUT2D eigenvalue weighted by molar-refractivity contribution is 0.0696. The first kappa shape index (κ1) is 23.1. The van der Waals surface area contributed by atoms with Gasteiger partial charge in [-0.15, -0.1) is 11.3 Å². The largest absolute Gasteiger partial charge is 0.495 e. The molecule has 0 bridgehead atoms. The Labute approximate surface area is 188 Å². The molecule has 31 heavy (non-hydrogen) atoms. The number of carboxylic acids is 1. The zero-order valence-electron chi connectivity index (χ0n) is 16.1. The van der Waals surface area contributed by atoms with Gasteiger partial charge in [0.15, 0.2) is 9.84 Å². The van der Waals surface area contributed by atoms with Crippen molar-refractivity contribution in [3.05, 3.63) is 58.4 Å².